The summed E-state index contributed by atoms with van der Waals surface area (Å²) in [5.74, 6) is -0.257. The molecule has 0 unspecified atom stereocenters. The third kappa shape index (κ3) is 3.08. The van der Waals surface area contributed by atoms with Crippen LogP contribution in [0.3, 0.4) is 0 Å². The summed E-state index contributed by atoms with van der Waals surface area (Å²) in [6.45, 7) is 2.42. The monoisotopic (exact) mass is 335 g/mol. The Morgan fingerprint density at radius 1 is 1.35 bits per heavy atom. The molecule has 0 spiro atoms. The van der Waals surface area contributed by atoms with Crippen LogP contribution >= 0.6 is 15.9 Å². The molecule has 20 heavy (non-hydrogen) atoms. The van der Waals surface area contributed by atoms with Crippen LogP contribution in [-0.2, 0) is 6.54 Å². The number of pyridine rings is 1. The molecule has 0 saturated carbocycles. The van der Waals surface area contributed by atoms with E-state index in [4.69, 9.17) is 5.73 Å². The highest BCUT2D eigenvalue weighted by Crippen LogP contribution is 2.21. The Hall–Kier alpha value is -2.08. The second kappa shape index (κ2) is 5.92. The summed E-state index contributed by atoms with van der Waals surface area (Å²) in [6.07, 6.45) is 1.62. The maximum absolute atomic E-state index is 12.1. The van der Waals surface area contributed by atoms with Gasteiger partial charge in [-0.1, -0.05) is 0 Å². The van der Waals surface area contributed by atoms with Crippen molar-refractivity contribution in [3.63, 3.8) is 0 Å². The Kier molecular flexibility index (Phi) is 4.24. The first-order chi connectivity index (χ1) is 9.51. The van der Waals surface area contributed by atoms with Gasteiger partial charge in [-0.15, -0.1) is 0 Å². The van der Waals surface area contributed by atoms with Gasteiger partial charge in [-0.25, -0.2) is 0 Å². The first-order valence-corrected chi connectivity index (χ1v) is 6.87. The zero-order chi connectivity index (χ0) is 14.7. The van der Waals surface area contributed by atoms with E-state index < -0.39 is 0 Å². The maximum atomic E-state index is 12.1. The number of nitrogen functional groups attached to an aromatic ring is 1. The molecule has 1 heterocycles. The van der Waals surface area contributed by atoms with E-state index in [-0.39, 0.29) is 11.5 Å². The molecular formula is C14H14BrN3O2. The highest BCUT2D eigenvalue weighted by Gasteiger charge is 2.08. The lowest BCUT2D eigenvalue weighted by molar-refractivity contribution is 0.102. The van der Waals surface area contributed by atoms with Crippen molar-refractivity contribution in [3.8, 4) is 0 Å². The average molecular weight is 336 g/mol. The molecule has 2 aromatic rings. The van der Waals surface area contributed by atoms with Crippen molar-refractivity contribution in [1.29, 1.82) is 0 Å². The Balaban J connectivity index is 2.23. The number of amides is 1. The van der Waals surface area contributed by atoms with Gasteiger partial charge in [-0.05, 0) is 47.1 Å². The van der Waals surface area contributed by atoms with E-state index in [0.717, 1.165) is 0 Å². The van der Waals surface area contributed by atoms with Crippen molar-refractivity contribution in [3.05, 3.63) is 56.9 Å². The number of rotatable bonds is 3. The second-order valence-electron chi connectivity index (χ2n) is 4.23. The molecule has 0 bridgehead atoms. The molecule has 6 heteroatoms. The third-order valence-corrected chi connectivity index (χ3v) is 3.53. The van der Waals surface area contributed by atoms with Crippen molar-refractivity contribution >= 4 is 33.2 Å². The number of nitrogens with zero attached hydrogens (tertiary/aromatic N) is 1. The number of nitrogens with two attached hydrogens (primary N) is 1. The van der Waals surface area contributed by atoms with Crippen LogP contribution in [-0.4, -0.2) is 10.5 Å². The number of aromatic nitrogens is 1. The molecule has 0 aliphatic carbocycles. The molecule has 1 aromatic carbocycles. The van der Waals surface area contributed by atoms with Crippen molar-refractivity contribution in [2.24, 2.45) is 0 Å². The topological polar surface area (TPSA) is 77.1 Å². The zero-order valence-electron chi connectivity index (χ0n) is 10.9. The van der Waals surface area contributed by atoms with Gasteiger partial charge in [-0.2, -0.15) is 0 Å². The summed E-state index contributed by atoms with van der Waals surface area (Å²) in [5, 5.41) is 2.75. The normalized spacial score (nSPS) is 10.3. The molecule has 0 radical (unpaired) electrons. The van der Waals surface area contributed by atoms with Gasteiger partial charge in [-0.3, -0.25) is 9.59 Å². The van der Waals surface area contributed by atoms with Gasteiger partial charge in [0, 0.05) is 34.5 Å². The molecule has 0 fully saturated rings. The van der Waals surface area contributed by atoms with Crippen molar-refractivity contribution < 1.29 is 4.79 Å². The number of benzene rings is 1. The Bertz CT molecular complexity index is 710. The van der Waals surface area contributed by atoms with E-state index in [0.29, 0.717) is 28.0 Å². The summed E-state index contributed by atoms with van der Waals surface area (Å²) in [6, 6.07) is 7.97. The average Bonchev–Trinajstić information content (AvgIpc) is 2.43. The van der Waals surface area contributed by atoms with Gasteiger partial charge in [0.2, 0.25) is 0 Å². The van der Waals surface area contributed by atoms with E-state index in [9.17, 15) is 9.59 Å². The van der Waals surface area contributed by atoms with E-state index in [1.165, 1.54) is 10.6 Å². The lowest BCUT2D eigenvalue weighted by atomic mass is 10.2. The van der Waals surface area contributed by atoms with Gasteiger partial charge in [0.1, 0.15) is 0 Å². The number of aryl methyl sites for hydroxylation is 1. The van der Waals surface area contributed by atoms with Gasteiger partial charge >= 0.3 is 0 Å². The Morgan fingerprint density at radius 2 is 2.10 bits per heavy atom. The summed E-state index contributed by atoms with van der Waals surface area (Å²) >= 11 is 3.28. The fraction of sp³-hybridized carbons (Fsp3) is 0.143. The van der Waals surface area contributed by atoms with Crippen molar-refractivity contribution in [1.82, 2.24) is 4.57 Å². The maximum Gasteiger partial charge on any atom is 0.255 e. The molecule has 2 rings (SSSR count). The number of halogens is 1. The van der Waals surface area contributed by atoms with E-state index >= 15 is 0 Å². The SMILES string of the molecule is CCn1cc(NC(=O)c2ccc(N)c(Br)c2)ccc1=O. The molecule has 104 valence electrons. The van der Waals surface area contributed by atoms with Crippen LogP contribution < -0.4 is 16.6 Å². The van der Waals surface area contributed by atoms with Gasteiger partial charge in [0.05, 0.1) is 5.69 Å². The minimum atomic E-state index is -0.257. The van der Waals surface area contributed by atoms with Crippen molar-refractivity contribution in [2.45, 2.75) is 13.5 Å². The minimum absolute atomic E-state index is 0.0965. The number of anilines is 2. The number of nitrogens with one attached hydrogen (secondary N) is 1. The molecule has 0 saturated heterocycles. The van der Waals surface area contributed by atoms with Crippen LogP contribution in [0, 0.1) is 0 Å². The largest absolute Gasteiger partial charge is 0.398 e. The molecule has 1 aromatic heterocycles. The number of carbonyl (C=O) groups excluding carboxylic acids is 1. The van der Waals surface area contributed by atoms with E-state index in [1.807, 2.05) is 6.92 Å². The molecule has 0 atom stereocenters. The van der Waals surface area contributed by atoms with Crippen LogP contribution in [0.25, 0.3) is 0 Å². The van der Waals surface area contributed by atoms with Crippen LogP contribution in [0.1, 0.15) is 17.3 Å². The summed E-state index contributed by atoms with van der Waals surface area (Å²) < 4.78 is 2.19. The fourth-order valence-corrected chi connectivity index (χ4v) is 2.10. The molecule has 0 aliphatic heterocycles. The second-order valence-corrected chi connectivity index (χ2v) is 5.09. The molecule has 0 aliphatic rings. The van der Waals surface area contributed by atoms with Gasteiger partial charge in [0.15, 0.2) is 0 Å². The fourth-order valence-electron chi connectivity index (χ4n) is 1.72. The van der Waals surface area contributed by atoms with Crippen LogP contribution in [0.5, 0.6) is 0 Å². The highest BCUT2D eigenvalue weighted by molar-refractivity contribution is 9.10. The van der Waals surface area contributed by atoms with Crippen LogP contribution in [0.15, 0.2) is 45.8 Å². The van der Waals surface area contributed by atoms with Crippen LogP contribution in [0.2, 0.25) is 0 Å². The minimum Gasteiger partial charge on any atom is -0.398 e. The molecule has 3 N–H and O–H groups in total. The predicted octanol–water partition coefficient (Wildman–Crippen LogP) is 2.47. The van der Waals surface area contributed by atoms with Gasteiger partial charge < -0.3 is 15.6 Å². The summed E-state index contributed by atoms with van der Waals surface area (Å²) in [7, 11) is 0. The first kappa shape index (κ1) is 14.3. The summed E-state index contributed by atoms with van der Waals surface area (Å²) in [5.41, 5.74) is 7.21. The smallest absolute Gasteiger partial charge is 0.255 e. The van der Waals surface area contributed by atoms with Crippen LogP contribution in [0.4, 0.5) is 11.4 Å². The summed E-state index contributed by atoms with van der Waals surface area (Å²) in [4.78, 5) is 23.6. The number of hydrogen-bond donors (Lipinski definition) is 2. The third-order valence-electron chi connectivity index (χ3n) is 2.84. The Labute approximate surface area is 124 Å². The lowest BCUT2D eigenvalue weighted by Crippen LogP contribution is -2.19. The highest BCUT2D eigenvalue weighted by atomic mass is 79.9. The Morgan fingerprint density at radius 3 is 2.75 bits per heavy atom. The first-order valence-electron chi connectivity index (χ1n) is 6.08. The predicted molar refractivity (Wildman–Crippen MR) is 82.9 cm³/mol. The van der Waals surface area contributed by atoms with Crippen molar-refractivity contribution in [2.75, 3.05) is 11.1 Å². The number of carbonyl (C=O) groups is 1. The lowest BCUT2D eigenvalue weighted by Gasteiger charge is -2.08. The quantitative estimate of drug-likeness (QED) is 0.846. The zero-order valence-corrected chi connectivity index (χ0v) is 12.5. The molecule has 5 nitrogen and oxygen atoms in total. The molecule has 1 amide bonds. The number of hydrogen-bond acceptors (Lipinski definition) is 3. The van der Waals surface area contributed by atoms with Gasteiger partial charge in [0.25, 0.3) is 11.5 Å². The standard InChI is InChI=1S/C14H14BrN3O2/c1-2-18-8-10(4-6-13(18)19)17-14(20)9-3-5-12(16)11(15)7-9/h3-8H,2,16H2,1H3,(H,17,20). The van der Waals surface area contributed by atoms with E-state index in [1.54, 1.807) is 30.5 Å². The van der Waals surface area contributed by atoms with E-state index in [2.05, 4.69) is 21.2 Å². The molecular weight excluding hydrogens is 322 g/mol.